The van der Waals surface area contributed by atoms with Gasteiger partial charge in [-0.25, -0.2) is 0 Å². The Morgan fingerprint density at radius 2 is 1.92 bits per heavy atom. The summed E-state index contributed by atoms with van der Waals surface area (Å²) in [5.74, 6) is -0.731. The van der Waals surface area contributed by atoms with Crippen molar-refractivity contribution in [2.24, 2.45) is 0 Å². The third-order valence-electron chi connectivity index (χ3n) is 1.32. The van der Waals surface area contributed by atoms with Crippen LogP contribution in [0.5, 0.6) is 0 Å². The summed E-state index contributed by atoms with van der Waals surface area (Å²) in [5, 5.41) is 8.33. The van der Waals surface area contributed by atoms with Gasteiger partial charge >= 0.3 is 5.97 Å². The lowest BCUT2D eigenvalue weighted by Crippen LogP contribution is -2.19. The van der Waals surface area contributed by atoms with E-state index in [0.29, 0.717) is 13.0 Å². The van der Waals surface area contributed by atoms with Gasteiger partial charge in [-0.15, -0.1) is 0 Å². The molecule has 0 rings (SSSR count). The van der Waals surface area contributed by atoms with Crippen molar-refractivity contribution in [2.45, 2.75) is 45.6 Å². The summed E-state index contributed by atoms with van der Waals surface area (Å²) in [7, 11) is 0. The minimum Gasteiger partial charge on any atom is -0.481 e. The van der Waals surface area contributed by atoms with Crippen LogP contribution in [0.25, 0.3) is 0 Å². The number of hydrogen-bond donors (Lipinski definition) is 1. The Labute approximate surface area is 73.7 Å². The van der Waals surface area contributed by atoms with Crippen molar-refractivity contribution in [3.05, 3.63) is 0 Å². The number of carboxylic acids is 1. The Morgan fingerprint density at radius 1 is 1.33 bits per heavy atom. The van der Waals surface area contributed by atoms with Gasteiger partial charge in [-0.3, -0.25) is 4.79 Å². The molecule has 3 heteroatoms. The quantitative estimate of drug-likeness (QED) is 0.649. The van der Waals surface area contributed by atoms with Gasteiger partial charge < -0.3 is 9.84 Å². The normalized spacial score (nSPS) is 11.6. The summed E-state index contributed by atoms with van der Waals surface area (Å²) in [4.78, 5) is 10.1. The number of carbonyl (C=O) groups is 1. The highest BCUT2D eigenvalue weighted by Gasteiger charge is 2.08. The van der Waals surface area contributed by atoms with Crippen molar-refractivity contribution >= 4 is 5.97 Å². The predicted molar refractivity (Wildman–Crippen MR) is 47.2 cm³/mol. The molecule has 0 aromatic heterocycles. The van der Waals surface area contributed by atoms with Crippen molar-refractivity contribution in [3.63, 3.8) is 0 Å². The van der Waals surface area contributed by atoms with Crippen LogP contribution in [0.3, 0.4) is 0 Å². The van der Waals surface area contributed by atoms with Crippen LogP contribution in [0.1, 0.15) is 40.0 Å². The highest BCUT2D eigenvalue weighted by molar-refractivity contribution is 5.66. The molecule has 0 bridgehead atoms. The molecule has 72 valence electrons. The Kier molecular flexibility index (Phi) is 4.90. The van der Waals surface area contributed by atoms with Gasteiger partial charge in [0.1, 0.15) is 0 Å². The number of ether oxygens (including phenoxy) is 1. The van der Waals surface area contributed by atoms with Gasteiger partial charge in [0.25, 0.3) is 0 Å². The zero-order valence-corrected chi connectivity index (χ0v) is 8.09. The summed E-state index contributed by atoms with van der Waals surface area (Å²) in [6, 6.07) is 0. The molecular formula is C9H18O3. The third kappa shape index (κ3) is 9.43. The first-order valence-electron chi connectivity index (χ1n) is 4.27. The molecule has 1 N–H and O–H groups in total. The fourth-order valence-electron chi connectivity index (χ4n) is 0.757. The van der Waals surface area contributed by atoms with E-state index in [-0.39, 0.29) is 12.0 Å². The summed E-state index contributed by atoms with van der Waals surface area (Å²) in [6.45, 7) is 6.62. The molecular weight excluding hydrogens is 156 g/mol. The number of hydrogen-bond acceptors (Lipinski definition) is 2. The summed E-state index contributed by atoms with van der Waals surface area (Å²) in [6.07, 6.45) is 1.77. The molecule has 3 nitrogen and oxygen atoms in total. The van der Waals surface area contributed by atoms with E-state index in [1.54, 1.807) is 0 Å². The van der Waals surface area contributed by atoms with Crippen LogP contribution in [0.4, 0.5) is 0 Å². The molecule has 0 aliphatic carbocycles. The largest absolute Gasteiger partial charge is 0.481 e. The maximum atomic E-state index is 10.1. The van der Waals surface area contributed by atoms with Crippen molar-refractivity contribution in [3.8, 4) is 0 Å². The molecule has 0 aliphatic rings. The van der Waals surface area contributed by atoms with E-state index in [9.17, 15) is 4.79 Å². The highest BCUT2D eigenvalue weighted by atomic mass is 16.5. The summed E-state index contributed by atoms with van der Waals surface area (Å²) >= 11 is 0. The van der Waals surface area contributed by atoms with Crippen LogP contribution >= 0.6 is 0 Å². The zero-order chi connectivity index (χ0) is 9.61. The van der Waals surface area contributed by atoms with Crippen LogP contribution in [0, 0.1) is 0 Å². The van der Waals surface area contributed by atoms with Gasteiger partial charge in [-0.1, -0.05) is 0 Å². The predicted octanol–water partition coefficient (Wildman–Crippen LogP) is 2.06. The smallest absolute Gasteiger partial charge is 0.303 e. The van der Waals surface area contributed by atoms with Crippen molar-refractivity contribution < 1.29 is 14.6 Å². The lowest BCUT2D eigenvalue weighted by molar-refractivity contribution is -0.137. The SMILES string of the molecule is CC(C)(C)OCCCCC(=O)O. The molecule has 0 spiro atoms. The molecule has 0 aromatic carbocycles. The monoisotopic (exact) mass is 174 g/mol. The Hall–Kier alpha value is -0.570. The lowest BCUT2D eigenvalue weighted by atomic mass is 10.2. The first kappa shape index (κ1) is 11.4. The molecule has 0 fully saturated rings. The molecule has 0 unspecified atom stereocenters. The maximum Gasteiger partial charge on any atom is 0.303 e. The van der Waals surface area contributed by atoms with E-state index in [2.05, 4.69) is 0 Å². The topological polar surface area (TPSA) is 46.5 Å². The Morgan fingerprint density at radius 3 is 2.33 bits per heavy atom. The Bertz CT molecular complexity index is 135. The molecule has 0 atom stereocenters. The van der Waals surface area contributed by atoms with Crippen LogP contribution in [-0.2, 0) is 9.53 Å². The van der Waals surface area contributed by atoms with Gasteiger partial charge in [-0.2, -0.15) is 0 Å². The van der Waals surface area contributed by atoms with Crippen LogP contribution in [0.15, 0.2) is 0 Å². The van der Waals surface area contributed by atoms with Gasteiger partial charge in [-0.05, 0) is 33.6 Å². The molecule has 0 aliphatic heterocycles. The minimum absolute atomic E-state index is 0.108. The van der Waals surface area contributed by atoms with Gasteiger partial charge in [0.05, 0.1) is 5.60 Å². The number of aliphatic carboxylic acids is 1. The summed E-state index contributed by atoms with van der Waals surface area (Å²) in [5.41, 5.74) is -0.108. The molecule has 0 amide bonds. The number of rotatable bonds is 5. The van der Waals surface area contributed by atoms with Gasteiger partial charge in [0.2, 0.25) is 0 Å². The van der Waals surface area contributed by atoms with Crippen molar-refractivity contribution in [1.82, 2.24) is 0 Å². The molecule has 0 saturated carbocycles. The summed E-state index contributed by atoms with van der Waals surface area (Å²) < 4.78 is 5.42. The highest BCUT2D eigenvalue weighted by Crippen LogP contribution is 2.08. The van der Waals surface area contributed by atoms with Gasteiger partial charge in [0, 0.05) is 13.0 Å². The second kappa shape index (κ2) is 5.14. The first-order valence-corrected chi connectivity index (χ1v) is 4.27. The van der Waals surface area contributed by atoms with Crippen LogP contribution in [-0.4, -0.2) is 23.3 Å². The Balaban J connectivity index is 3.17. The fraction of sp³-hybridized carbons (Fsp3) is 0.889. The van der Waals surface area contributed by atoms with E-state index in [1.165, 1.54) is 0 Å². The van der Waals surface area contributed by atoms with E-state index >= 15 is 0 Å². The average Bonchev–Trinajstić information content (AvgIpc) is 1.83. The van der Waals surface area contributed by atoms with E-state index in [4.69, 9.17) is 9.84 Å². The second-order valence-electron chi connectivity index (χ2n) is 3.81. The average molecular weight is 174 g/mol. The lowest BCUT2D eigenvalue weighted by Gasteiger charge is -2.19. The van der Waals surface area contributed by atoms with Crippen molar-refractivity contribution in [2.75, 3.05) is 6.61 Å². The molecule has 0 radical (unpaired) electrons. The minimum atomic E-state index is -0.731. The molecule has 0 heterocycles. The van der Waals surface area contributed by atoms with Crippen LogP contribution < -0.4 is 0 Å². The standard InChI is InChI=1S/C9H18O3/c1-9(2,3)12-7-5-4-6-8(10)11/h4-7H2,1-3H3,(H,10,11). The molecule has 0 aromatic rings. The number of unbranched alkanes of at least 4 members (excludes halogenated alkanes) is 1. The van der Waals surface area contributed by atoms with E-state index < -0.39 is 5.97 Å². The first-order chi connectivity index (χ1) is 5.42. The van der Waals surface area contributed by atoms with E-state index in [1.807, 2.05) is 20.8 Å². The second-order valence-corrected chi connectivity index (χ2v) is 3.81. The van der Waals surface area contributed by atoms with Crippen LogP contribution in [0.2, 0.25) is 0 Å². The van der Waals surface area contributed by atoms with E-state index in [0.717, 1.165) is 6.42 Å². The molecule has 0 saturated heterocycles. The number of carboxylic acid groups (broad SMARTS) is 1. The van der Waals surface area contributed by atoms with Gasteiger partial charge in [0.15, 0.2) is 0 Å². The fourth-order valence-corrected chi connectivity index (χ4v) is 0.757. The zero-order valence-electron chi connectivity index (χ0n) is 8.09. The molecule has 12 heavy (non-hydrogen) atoms. The third-order valence-corrected chi connectivity index (χ3v) is 1.32. The maximum absolute atomic E-state index is 10.1. The van der Waals surface area contributed by atoms with Crippen molar-refractivity contribution in [1.29, 1.82) is 0 Å².